The van der Waals surface area contributed by atoms with Gasteiger partial charge in [0.1, 0.15) is 5.78 Å². The maximum absolute atomic E-state index is 12.3. The van der Waals surface area contributed by atoms with Gasteiger partial charge in [0.2, 0.25) is 0 Å². The molecule has 124 valence electrons. The molecule has 2 atom stereocenters. The molecule has 0 radical (unpaired) electrons. The van der Waals surface area contributed by atoms with Crippen LogP contribution in [0.4, 0.5) is 0 Å². The van der Waals surface area contributed by atoms with Crippen molar-refractivity contribution in [3.8, 4) is 0 Å². The Labute approximate surface area is 130 Å². The van der Waals surface area contributed by atoms with Gasteiger partial charge in [-0.1, -0.05) is 20.8 Å². The van der Waals surface area contributed by atoms with Crippen molar-refractivity contribution in [3.05, 3.63) is 0 Å². The van der Waals surface area contributed by atoms with Crippen molar-refractivity contribution in [1.29, 1.82) is 0 Å². The van der Waals surface area contributed by atoms with Gasteiger partial charge in [-0.15, -0.1) is 0 Å². The molecule has 0 saturated carbocycles. The number of Topliss-reactive ketones (excluding diaryl/α,β-unsaturated/α-hetero) is 1. The summed E-state index contributed by atoms with van der Waals surface area (Å²) < 4.78 is 4.69. The van der Waals surface area contributed by atoms with Gasteiger partial charge in [-0.3, -0.25) is 19.2 Å². The molecule has 2 unspecified atom stereocenters. The van der Waals surface area contributed by atoms with Crippen LogP contribution in [-0.4, -0.2) is 28.8 Å². The lowest BCUT2D eigenvalue weighted by atomic mass is 9.63. The summed E-state index contributed by atoms with van der Waals surface area (Å²) in [5.41, 5.74) is -3.25. The van der Waals surface area contributed by atoms with Crippen LogP contribution in [0.2, 0.25) is 0 Å². The lowest BCUT2D eigenvalue weighted by Gasteiger charge is -2.37. The fraction of sp³-hybridized carbons (Fsp3) is 0.750. The monoisotopic (exact) mass is 312 g/mol. The highest BCUT2D eigenvalue weighted by atomic mass is 16.6. The second-order valence-corrected chi connectivity index (χ2v) is 7.23. The first-order valence-corrected chi connectivity index (χ1v) is 7.38. The molecule has 1 aliphatic rings. The Balaban J connectivity index is 3.26. The number of carbonyl (C=O) groups is 4. The number of ether oxygens (including phenoxy) is 1. The van der Waals surface area contributed by atoms with Crippen LogP contribution < -0.4 is 0 Å². The van der Waals surface area contributed by atoms with Gasteiger partial charge in [-0.25, -0.2) is 0 Å². The normalized spacial score (nSPS) is 24.8. The van der Waals surface area contributed by atoms with E-state index in [4.69, 9.17) is 4.74 Å². The Bertz CT molecular complexity index is 521. The largest absolute Gasteiger partial charge is 0.481 e. The highest BCUT2D eigenvalue weighted by molar-refractivity contribution is 5.98. The molecule has 22 heavy (non-hydrogen) atoms. The zero-order valence-electron chi connectivity index (χ0n) is 13.8. The van der Waals surface area contributed by atoms with E-state index in [-0.39, 0.29) is 25.0 Å². The minimum Gasteiger partial charge on any atom is -0.481 e. The molecule has 0 aliphatic carbocycles. The highest BCUT2D eigenvalue weighted by Gasteiger charge is 2.56. The standard InChI is InChI=1S/C16H24O6/c1-6-15(5,12(19)20)9-16(7-11(18)22-13(16)21)8-14(3,4)10(2)17/h6-9H2,1-5H3,(H,19,20). The van der Waals surface area contributed by atoms with Crippen LogP contribution in [-0.2, 0) is 23.9 Å². The zero-order valence-corrected chi connectivity index (χ0v) is 13.8. The number of hydrogen-bond acceptors (Lipinski definition) is 5. The number of aliphatic carboxylic acids is 1. The van der Waals surface area contributed by atoms with E-state index in [0.717, 1.165) is 0 Å². The maximum atomic E-state index is 12.3. The third kappa shape index (κ3) is 3.36. The summed E-state index contributed by atoms with van der Waals surface area (Å²) in [6, 6.07) is 0. The van der Waals surface area contributed by atoms with Crippen LogP contribution in [0.25, 0.3) is 0 Å². The van der Waals surface area contributed by atoms with Gasteiger partial charge < -0.3 is 9.84 Å². The van der Waals surface area contributed by atoms with Gasteiger partial charge in [-0.05, 0) is 33.1 Å². The molecule has 1 aliphatic heterocycles. The number of hydrogen-bond donors (Lipinski definition) is 1. The number of esters is 2. The van der Waals surface area contributed by atoms with E-state index < -0.39 is 34.2 Å². The minimum atomic E-state index is -1.25. The number of cyclic esters (lactones) is 2. The van der Waals surface area contributed by atoms with Crippen molar-refractivity contribution in [1.82, 2.24) is 0 Å². The van der Waals surface area contributed by atoms with Crippen molar-refractivity contribution >= 4 is 23.7 Å². The smallest absolute Gasteiger partial charge is 0.320 e. The first-order valence-electron chi connectivity index (χ1n) is 7.38. The molecule has 1 fully saturated rings. The first-order chi connectivity index (χ1) is 9.88. The number of carboxylic acid groups (broad SMARTS) is 1. The molecule has 1 rings (SSSR count). The topological polar surface area (TPSA) is 97.7 Å². The van der Waals surface area contributed by atoms with Gasteiger partial charge >= 0.3 is 17.9 Å². The molecule has 0 aromatic carbocycles. The van der Waals surface area contributed by atoms with E-state index in [1.165, 1.54) is 6.92 Å². The summed E-state index contributed by atoms with van der Waals surface area (Å²) >= 11 is 0. The summed E-state index contributed by atoms with van der Waals surface area (Å²) in [6.07, 6.45) is 0.216. The van der Waals surface area contributed by atoms with E-state index in [1.54, 1.807) is 27.7 Å². The highest BCUT2D eigenvalue weighted by Crippen LogP contribution is 2.50. The fourth-order valence-electron chi connectivity index (χ4n) is 3.00. The molecule has 0 aromatic rings. The molecule has 6 heteroatoms. The third-order valence-electron chi connectivity index (χ3n) is 4.88. The second kappa shape index (κ2) is 5.82. The van der Waals surface area contributed by atoms with Crippen LogP contribution >= 0.6 is 0 Å². The average molecular weight is 312 g/mol. The molecule has 1 heterocycles. The molecule has 0 aromatic heterocycles. The Kier molecular flexibility index (Phi) is 4.85. The van der Waals surface area contributed by atoms with Gasteiger partial charge in [0.25, 0.3) is 0 Å². The van der Waals surface area contributed by atoms with Crippen molar-refractivity contribution in [3.63, 3.8) is 0 Å². The number of ketones is 1. The van der Waals surface area contributed by atoms with Crippen LogP contribution in [0.3, 0.4) is 0 Å². The van der Waals surface area contributed by atoms with Gasteiger partial charge in [-0.2, -0.15) is 0 Å². The van der Waals surface area contributed by atoms with Crippen LogP contribution in [0.1, 0.15) is 60.3 Å². The summed E-state index contributed by atoms with van der Waals surface area (Å²) in [5.74, 6) is -2.52. The molecule has 0 spiro atoms. The Morgan fingerprint density at radius 3 is 2.09 bits per heavy atom. The van der Waals surface area contributed by atoms with E-state index >= 15 is 0 Å². The van der Waals surface area contributed by atoms with Gasteiger partial charge in [0, 0.05) is 5.41 Å². The van der Waals surface area contributed by atoms with E-state index in [2.05, 4.69) is 0 Å². The van der Waals surface area contributed by atoms with Gasteiger partial charge in [0.05, 0.1) is 17.3 Å². The first kappa shape index (κ1) is 18.3. The summed E-state index contributed by atoms with van der Waals surface area (Å²) in [6.45, 7) is 8.08. The Morgan fingerprint density at radius 1 is 1.23 bits per heavy atom. The number of carboxylic acids is 1. The van der Waals surface area contributed by atoms with Crippen LogP contribution in [0, 0.1) is 16.2 Å². The fourth-order valence-corrected chi connectivity index (χ4v) is 3.00. The average Bonchev–Trinajstić information content (AvgIpc) is 2.62. The summed E-state index contributed by atoms with van der Waals surface area (Å²) in [7, 11) is 0. The van der Waals surface area contributed by atoms with Crippen molar-refractivity contribution in [2.75, 3.05) is 0 Å². The second-order valence-electron chi connectivity index (χ2n) is 7.23. The zero-order chi connectivity index (χ0) is 17.3. The SMILES string of the molecule is CCC(C)(CC1(CC(C)(C)C(C)=O)CC(=O)OC1=O)C(=O)O. The number of carbonyl (C=O) groups excluding carboxylic acids is 3. The molecule has 0 bridgehead atoms. The van der Waals surface area contributed by atoms with E-state index in [0.29, 0.717) is 6.42 Å². The predicted molar refractivity (Wildman–Crippen MR) is 77.9 cm³/mol. The molecule has 1 saturated heterocycles. The Morgan fingerprint density at radius 2 is 1.77 bits per heavy atom. The van der Waals surface area contributed by atoms with E-state index in [9.17, 15) is 24.3 Å². The minimum absolute atomic E-state index is 0.0207. The molecule has 6 nitrogen and oxygen atoms in total. The quantitative estimate of drug-likeness (QED) is 0.572. The maximum Gasteiger partial charge on any atom is 0.320 e. The predicted octanol–water partition coefficient (Wildman–Crippen LogP) is 2.34. The van der Waals surface area contributed by atoms with Crippen molar-refractivity contribution in [2.24, 2.45) is 16.2 Å². The molecular formula is C16H24O6. The molecule has 1 N–H and O–H groups in total. The third-order valence-corrected chi connectivity index (χ3v) is 4.88. The summed E-state index contributed by atoms with van der Waals surface area (Å²) in [5, 5.41) is 9.46. The lowest BCUT2D eigenvalue weighted by Crippen LogP contribution is -2.42. The molecule has 0 amide bonds. The van der Waals surface area contributed by atoms with Crippen LogP contribution in [0.5, 0.6) is 0 Å². The van der Waals surface area contributed by atoms with Crippen LogP contribution in [0.15, 0.2) is 0 Å². The van der Waals surface area contributed by atoms with Crippen molar-refractivity contribution in [2.45, 2.75) is 60.3 Å². The Hall–Kier alpha value is -1.72. The van der Waals surface area contributed by atoms with Gasteiger partial charge in [0.15, 0.2) is 0 Å². The number of rotatable bonds is 7. The summed E-state index contributed by atoms with van der Waals surface area (Å²) in [4.78, 5) is 47.2. The van der Waals surface area contributed by atoms with Crippen molar-refractivity contribution < 1.29 is 29.0 Å². The van der Waals surface area contributed by atoms with E-state index in [1.807, 2.05) is 0 Å². The molecular weight excluding hydrogens is 288 g/mol. The lowest BCUT2D eigenvalue weighted by molar-refractivity contribution is -0.158.